The van der Waals surface area contributed by atoms with Crippen LogP contribution in [0.15, 0.2) is 54.7 Å². The van der Waals surface area contributed by atoms with Crippen LogP contribution in [0.5, 0.6) is 5.75 Å². The molecule has 0 saturated carbocycles. The van der Waals surface area contributed by atoms with Gasteiger partial charge >= 0.3 is 0 Å². The Bertz CT molecular complexity index is 944. The van der Waals surface area contributed by atoms with Gasteiger partial charge in [0.1, 0.15) is 11.6 Å². The van der Waals surface area contributed by atoms with E-state index in [1.165, 1.54) is 18.5 Å². The summed E-state index contributed by atoms with van der Waals surface area (Å²) in [5.41, 5.74) is 3.71. The SMILES string of the molecule is CCOc1cccc(C(=O)Nc2ccc(-c3ncc4n3CCCC4)cc2)c1. The molecule has 0 spiro atoms. The number of hydrogen-bond acceptors (Lipinski definition) is 3. The average molecular weight is 361 g/mol. The van der Waals surface area contributed by atoms with Crippen LogP contribution in [0.1, 0.15) is 35.8 Å². The number of nitrogens with zero attached hydrogens (tertiary/aromatic N) is 2. The van der Waals surface area contributed by atoms with Crippen LogP contribution in [0, 0.1) is 0 Å². The molecule has 0 atom stereocenters. The molecule has 1 aliphatic heterocycles. The van der Waals surface area contributed by atoms with Gasteiger partial charge in [-0.2, -0.15) is 0 Å². The van der Waals surface area contributed by atoms with Gasteiger partial charge in [-0.25, -0.2) is 4.98 Å². The van der Waals surface area contributed by atoms with Crippen molar-refractivity contribution in [3.05, 3.63) is 66.0 Å². The molecule has 2 heterocycles. The molecule has 2 aromatic carbocycles. The van der Waals surface area contributed by atoms with Crippen LogP contribution < -0.4 is 10.1 Å². The van der Waals surface area contributed by atoms with E-state index in [9.17, 15) is 4.79 Å². The quantitative estimate of drug-likeness (QED) is 0.726. The number of anilines is 1. The second-order valence-corrected chi connectivity index (χ2v) is 6.67. The van der Waals surface area contributed by atoms with Crippen LogP contribution in [0.25, 0.3) is 11.4 Å². The lowest BCUT2D eigenvalue weighted by Gasteiger charge is -2.16. The Balaban J connectivity index is 1.49. The lowest BCUT2D eigenvalue weighted by molar-refractivity contribution is 0.102. The fourth-order valence-electron chi connectivity index (χ4n) is 3.47. The van der Waals surface area contributed by atoms with Crippen molar-refractivity contribution in [2.75, 3.05) is 11.9 Å². The van der Waals surface area contributed by atoms with E-state index in [4.69, 9.17) is 4.74 Å². The van der Waals surface area contributed by atoms with Crippen molar-refractivity contribution in [3.8, 4) is 17.1 Å². The second kappa shape index (κ2) is 7.66. The van der Waals surface area contributed by atoms with Crippen molar-refractivity contribution in [2.45, 2.75) is 32.7 Å². The predicted octanol–water partition coefficient (Wildman–Crippen LogP) is 4.54. The van der Waals surface area contributed by atoms with E-state index >= 15 is 0 Å². The predicted molar refractivity (Wildman–Crippen MR) is 106 cm³/mol. The molecule has 0 radical (unpaired) electrons. The number of aromatic nitrogens is 2. The van der Waals surface area contributed by atoms with E-state index in [0.29, 0.717) is 17.9 Å². The summed E-state index contributed by atoms with van der Waals surface area (Å²) in [4.78, 5) is 17.1. The maximum absolute atomic E-state index is 12.5. The van der Waals surface area contributed by atoms with Crippen LogP contribution >= 0.6 is 0 Å². The van der Waals surface area contributed by atoms with Crippen LogP contribution in [-0.2, 0) is 13.0 Å². The maximum Gasteiger partial charge on any atom is 0.255 e. The standard InChI is InChI=1S/C22H23N3O2/c1-2-27-20-8-5-6-17(14-20)22(26)24-18-11-9-16(10-12-18)21-23-15-19-7-3-4-13-25(19)21/h5-6,8-12,14-15H,2-4,7,13H2,1H3,(H,24,26). The molecule has 0 aliphatic carbocycles. The van der Waals surface area contributed by atoms with Gasteiger partial charge in [0.05, 0.1) is 6.61 Å². The summed E-state index contributed by atoms with van der Waals surface area (Å²) in [7, 11) is 0. The zero-order chi connectivity index (χ0) is 18.6. The molecular weight excluding hydrogens is 338 g/mol. The van der Waals surface area contributed by atoms with Gasteiger partial charge in [0, 0.05) is 35.2 Å². The smallest absolute Gasteiger partial charge is 0.255 e. The van der Waals surface area contributed by atoms with Gasteiger partial charge in [-0.3, -0.25) is 4.79 Å². The summed E-state index contributed by atoms with van der Waals surface area (Å²) in [6.45, 7) is 3.52. The zero-order valence-electron chi connectivity index (χ0n) is 15.4. The van der Waals surface area contributed by atoms with E-state index in [2.05, 4.69) is 14.9 Å². The van der Waals surface area contributed by atoms with Crippen molar-refractivity contribution in [1.29, 1.82) is 0 Å². The summed E-state index contributed by atoms with van der Waals surface area (Å²) in [6.07, 6.45) is 5.52. The Labute approximate surface area is 159 Å². The lowest BCUT2D eigenvalue weighted by Crippen LogP contribution is -2.12. The second-order valence-electron chi connectivity index (χ2n) is 6.67. The maximum atomic E-state index is 12.5. The van der Waals surface area contributed by atoms with Gasteiger partial charge in [-0.1, -0.05) is 6.07 Å². The largest absolute Gasteiger partial charge is 0.494 e. The third-order valence-electron chi connectivity index (χ3n) is 4.81. The van der Waals surface area contributed by atoms with Crippen LogP contribution in [-0.4, -0.2) is 22.1 Å². The molecule has 5 nitrogen and oxygen atoms in total. The first kappa shape index (κ1) is 17.3. The van der Waals surface area contributed by atoms with E-state index in [1.54, 1.807) is 12.1 Å². The molecule has 1 amide bonds. The van der Waals surface area contributed by atoms with Gasteiger partial charge in [0.2, 0.25) is 0 Å². The normalized spacial score (nSPS) is 13.1. The van der Waals surface area contributed by atoms with E-state index in [1.807, 2.05) is 49.5 Å². The van der Waals surface area contributed by atoms with Crippen LogP contribution in [0.2, 0.25) is 0 Å². The average Bonchev–Trinajstić information content (AvgIpc) is 3.13. The molecular formula is C22H23N3O2. The number of imidazole rings is 1. The Kier molecular flexibility index (Phi) is 4.92. The Hall–Kier alpha value is -3.08. The van der Waals surface area contributed by atoms with Gasteiger partial charge in [-0.05, 0) is 68.7 Å². The van der Waals surface area contributed by atoms with Gasteiger partial charge in [0.25, 0.3) is 5.91 Å². The van der Waals surface area contributed by atoms with E-state index in [0.717, 1.165) is 30.0 Å². The molecule has 1 aliphatic rings. The fraction of sp³-hybridized carbons (Fsp3) is 0.273. The van der Waals surface area contributed by atoms with Crippen molar-refractivity contribution >= 4 is 11.6 Å². The highest BCUT2D eigenvalue weighted by atomic mass is 16.5. The number of aryl methyl sites for hydroxylation is 1. The number of carbonyl (C=O) groups is 1. The first-order valence-corrected chi connectivity index (χ1v) is 9.43. The molecule has 0 bridgehead atoms. The Morgan fingerprint density at radius 2 is 2.04 bits per heavy atom. The summed E-state index contributed by atoms with van der Waals surface area (Å²) in [6, 6.07) is 15.1. The number of ether oxygens (including phenoxy) is 1. The summed E-state index contributed by atoms with van der Waals surface area (Å²) < 4.78 is 7.76. The third kappa shape index (κ3) is 3.72. The molecule has 0 unspecified atom stereocenters. The fourth-order valence-corrected chi connectivity index (χ4v) is 3.47. The monoisotopic (exact) mass is 361 g/mol. The molecule has 27 heavy (non-hydrogen) atoms. The molecule has 0 saturated heterocycles. The third-order valence-corrected chi connectivity index (χ3v) is 4.81. The minimum atomic E-state index is -0.150. The number of carbonyl (C=O) groups excluding carboxylic acids is 1. The highest BCUT2D eigenvalue weighted by Crippen LogP contribution is 2.26. The Morgan fingerprint density at radius 1 is 1.19 bits per heavy atom. The molecule has 1 aromatic heterocycles. The number of fused-ring (bicyclic) bond motifs is 1. The Morgan fingerprint density at radius 3 is 2.85 bits per heavy atom. The molecule has 3 aromatic rings. The van der Waals surface area contributed by atoms with Crippen LogP contribution in [0.4, 0.5) is 5.69 Å². The summed E-state index contributed by atoms with van der Waals surface area (Å²) in [5, 5.41) is 2.94. The number of rotatable bonds is 5. The number of benzene rings is 2. The first-order chi connectivity index (χ1) is 13.2. The van der Waals surface area contributed by atoms with E-state index in [-0.39, 0.29) is 5.91 Å². The lowest BCUT2D eigenvalue weighted by atomic mass is 10.1. The van der Waals surface area contributed by atoms with Crippen molar-refractivity contribution in [3.63, 3.8) is 0 Å². The molecule has 4 rings (SSSR count). The number of nitrogens with one attached hydrogen (secondary N) is 1. The van der Waals surface area contributed by atoms with Crippen molar-refractivity contribution in [2.24, 2.45) is 0 Å². The van der Waals surface area contributed by atoms with Crippen molar-refractivity contribution in [1.82, 2.24) is 9.55 Å². The first-order valence-electron chi connectivity index (χ1n) is 9.43. The highest BCUT2D eigenvalue weighted by Gasteiger charge is 2.15. The van der Waals surface area contributed by atoms with Gasteiger partial charge < -0.3 is 14.6 Å². The summed E-state index contributed by atoms with van der Waals surface area (Å²) >= 11 is 0. The topological polar surface area (TPSA) is 56.1 Å². The zero-order valence-corrected chi connectivity index (χ0v) is 15.4. The summed E-state index contributed by atoms with van der Waals surface area (Å²) in [5.74, 6) is 1.55. The van der Waals surface area contributed by atoms with Gasteiger partial charge in [0.15, 0.2) is 0 Å². The molecule has 0 fully saturated rings. The van der Waals surface area contributed by atoms with Crippen molar-refractivity contribution < 1.29 is 9.53 Å². The van der Waals surface area contributed by atoms with Gasteiger partial charge in [-0.15, -0.1) is 0 Å². The number of hydrogen-bond donors (Lipinski definition) is 1. The molecule has 138 valence electrons. The van der Waals surface area contributed by atoms with E-state index < -0.39 is 0 Å². The van der Waals surface area contributed by atoms with Crippen LogP contribution in [0.3, 0.4) is 0 Å². The minimum absolute atomic E-state index is 0.150. The molecule has 1 N–H and O–H groups in total. The highest BCUT2D eigenvalue weighted by molar-refractivity contribution is 6.04. The minimum Gasteiger partial charge on any atom is -0.494 e. The molecule has 5 heteroatoms. The number of amides is 1.